The molecule has 3 aromatic rings. The molecule has 1 aromatic heterocycles. The average Bonchev–Trinajstić information content (AvgIpc) is 2.55. The van der Waals surface area contributed by atoms with Crippen molar-refractivity contribution in [1.82, 2.24) is 9.97 Å². The molecule has 3 rings (SSSR count). The van der Waals surface area contributed by atoms with Crippen molar-refractivity contribution >= 4 is 24.3 Å². The first-order valence-corrected chi connectivity index (χ1v) is 9.32. The van der Waals surface area contributed by atoms with E-state index in [0.717, 1.165) is 17.7 Å². The Morgan fingerprint density at radius 3 is 2.35 bits per heavy atom. The van der Waals surface area contributed by atoms with E-state index < -0.39 is 30.8 Å². The van der Waals surface area contributed by atoms with Crippen LogP contribution in [-0.4, -0.2) is 26.0 Å². The van der Waals surface area contributed by atoms with Crippen molar-refractivity contribution in [3.63, 3.8) is 0 Å². The first-order chi connectivity index (χ1) is 12.2. The van der Waals surface area contributed by atoms with Gasteiger partial charge in [0.15, 0.2) is 0 Å². The number of H-pyrrole nitrogens is 2. The summed E-state index contributed by atoms with van der Waals surface area (Å²) >= 11 is 0. The summed E-state index contributed by atoms with van der Waals surface area (Å²) in [6, 6.07) is 10.9. The molecule has 0 saturated heterocycles. The summed E-state index contributed by atoms with van der Waals surface area (Å²) in [5.41, 5.74) is -1.00. The number of hydrogen-bond acceptors (Lipinski definition) is 4. The van der Waals surface area contributed by atoms with E-state index in [2.05, 4.69) is 9.97 Å². The number of benzene rings is 2. The van der Waals surface area contributed by atoms with Crippen LogP contribution in [0.5, 0.6) is 0 Å². The van der Waals surface area contributed by atoms with Gasteiger partial charge in [-0.25, -0.2) is 4.39 Å². The molecule has 0 spiro atoms. The van der Waals surface area contributed by atoms with Crippen molar-refractivity contribution in [1.29, 1.82) is 0 Å². The zero-order chi connectivity index (χ0) is 18.9. The van der Waals surface area contributed by atoms with E-state index in [1.807, 2.05) is 0 Å². The summed E-state index contributed by atoms with van der Waals surface area (Å²) in [5.74, 6) is -0.723. The highest BCUT2D eigenvalue weighted by Crippen LogP contribution is 2.39. The van der Waals surface area contributed by atoms with E-state index in [4.69, 9.17) is 0 Å². The minimum atomic E-state index is -4.50. The van der Waals surface area contributed by atoms with Gasteiger partial charge in [-0.1, -0.05) is 30.3 Å². The van der Waals surface area contributed by atoms with Crippen molar-refractivity contribution in [2.24, 2.45) is 0 Å². The molecule has 0 bridgehead atoms. The fraction of sp³-hybridized carbons (Fsp3) is 0.125. The normalized spacial score (nSPS) is 11.7. The molecule has 26 heavy (non-hydrogen) atoms. The molecular formula is C16H15FN3O5P. The van der Waals surface area contributed by atoms with Crippen LogP contribution in [0, 0.1) is 5.82 Å². The fourth-order valence-electron chi connectivity index (χ4n) is 2.66. The number of aromatic nitrogens is 2. The lowest BCUT2D eigenvalue weighted by Gasteiger charge is -2.26. The third-order valence-electron chi connectivity index (χ3n) is 3.69. The van der Waals surface area contributed by atoms with E-state index in [-0.39, 0.29) is 23.3 Å². The van der Waals surface area contributed by atoms with Gasteiger partial charge in [-0.2, -0.15) is 0 Å². The van der Waals surface area contributed by atoms with Gasteiger partial charge >= 0.3 is 18.7 Å². The molecule has 136 valence electrons. The van der Waals surface area contributed by atoms with Crippen LogP contribution in [0.4, 0.5) is 10.1 Å². The highest BCUT2D eigenvalue weighted by Gasteiger charge is 2.23. The Kier molecular flexibility index (Phi) is 4.78. The molecule has 0 fully saturated rings. The second-order valence-corrected chi connectivity index (χ2v) is 7.36. The molecule has 1 heterocycles. The van der Waals surface area contributed by atoms with Gasteiger partial charge < -0.3 is 24.7 Å². The van der Waals surface area contributed by atoms with E-state index >= 15 is 0 Å². The number of anilines is 1. The van der Waals surface area contributed by atoms with Crippen LogP contribution < -0.4 is 16.0 Å². The van der Waals surface area contributed by atoms with Crippen LogP contribution in [0.1, 0.15) is 5.56 Å². The molecule has 2 aromatic carbocycles. The Morgan fingerprint density at radius 2 is 1.69 bits per heavy atom. The summed E-state index contributed by atoms with van der Waals surface area (Å²) in [5, 5.41) is 0. The molecule has 0 saturated carbocycles. The minimum absolute atomic E-state index is 0.0216. The molecule has 0 unspecified atom stereocenters. The van der Waals surface area contributed by atoms with Gasteiger partial charge in [0, 0.05) is 6.54 Å². The highest BCUT2D eigenvalue weighted by atomic mass is 31.2. The summed E-state index contributed by atoms with van der Waals surface area (Å²) in [6.45, 7) is 0.0612. The minimum Gasteiger partial charge on any atom is -0.354 e. The highest BCUT2D eigenvalue weighted by molar-refractivity contribution is 7.51. The largest absolute Gasteiger partial charge is 0.354 e. The Bertz CT molecular complexity index is 1110. The second-order valence-electron chi connectivity index (χ2n) is 5.75. The van der Waals surface area contributed by atoms with Crippen LogP contribution >= 0.6 is 7.60 Å². The number of halogens is 1. The molecule has 0 aliphatic heterocycles. The first-order valence-electron chi connectivity index (χ1n) is 7.52. The average molecular weight is 379 g/mol. The summed E-state index contributed by atoms with van der Waals surface area (Å²) in [4.78, 5) is 47.8. The third-order valence-corrected chi connectivity index (χ3v) is 4.40. The molecule has 8 nitrogen and oxygen atoms in total. The maximum atomic E-state index is 14.0. The first kappa shape index (κ1) is 18.1. The van der Waals surface area contributed by atoms with E-state index in [0.29, 0.717) is 0 Å². The zero-order valence-electron chi connectivity index (χ0n) is 13.3. The Hall–Kier alpha value is -2.74. The number of nitrogens with one attached hydrogen (secondary N) is 2. The van der Waals surface area contributed by atoms with Crippen LogP contribution in [0.3, 0.4) is 0 Å². The number of aromatic amines is 2. The topological polar surface area (TPSA) is 126 Å². The Morgan fingerprint density at radius 1 is 1.04 bits per heavy atom. The van der Waals surface area contributed by atoms with E-state index in [1.54, 1.807) is 30.3 Å². The van der Waals surface area contributed by atoms with Crippen LogP contribution in [0.15, 0.2) is 52.1 Å². The van der Waals surface area contributed by atoms with Gasteiger partial charge in [0.2, 0.25) is 0 Å². The lowest BCUT2D eigenvalue weighted by atomic mass is 10.2. The SMILES string of the molecule is O=c1[nH]c2cc(F)cc(N(Cc3ccccc3)CP(=O)(O)O)c2[nH]c1=O. The maximum Gasteiger partial charge on any atom is 0.344 e. The Labute approximate surface area is 146 Å². The molecule has 10 heteroatoms. The van der Waals surface area contributed by atoms with Crippen molar-refractivity contribution in [3.8, 4) is 0 Å². The molecule has 0 aliphatic carbocycles. The van der Waals surface area contributed by atoms with Gasteiger partial charge in [-0.15, -0.1) is 0 Å². The quantitative estimate of drug-likeness (QED) is 0.393. The predicted octanol–water partition coefficient (Wildman–Crippen LogP) is 1.50. The molecular weight excluding hydrogens is 364 g/mol. The number of hydrogen-bond donors (Lipinski definition) is 4. The van der Waals surface area contributed by atoms with E-state index in [1.165, 1.54) is 4.90 Å². The smallest absolute Gasteiger partial charge is 0.344 e. The number of fused-ring (bicyclic) bond motifs is 1. The molecule has 0 amide bonds. The zero-order valence-corrected chi connectivity index (χ0v) is 14.2. The summed E-state index contributed by atoms with van der Waals surface area (Å²) in [7, 11) is -4.50. The van der Waals surface area contributed by atoms with Crippen LogP contribution in [0.25, 0.3) is 11.0 Å². The summed E-state index contributed by atoms with van der Waals surface area (Å²) < 4.78 is 25.6. The van der Waals surface area contributed by atoms with Crippen molar-refractivity contribution in [2.45, 2.75) is 6.54 Å². The monoisotopic (exact) mass is 379 g/mol. The predicted molar refractivity (Wildman–Crippen MR) is 94.7 cm³/mol. The number of rotatable bonds is 5. The van der Waals surface area contributed by atoms with Gasteiger partial charge in [-0.05, 0) is 17.7 Å². The van der Waals surface area contributed by atoms with Crippen molar-refractivity contribution in [3.05, 3.63) is 74.6 Å². The summed E-state index contributed by atoms with van der Waals surface area (Å²) in [6.07, 6.45) is -0.693. The Balaban J connectivity index is 2.19. The van der Waals surface area contributed by atoms with E-state index in [9.17, 15) is 28.3 Å². The molecule has 0 aliphatic rings. The third kappa shape index (κ3) is 4.08. The lowest BCUT2D eigenvalue weighted by Crippen LogP contribution is -2.30. The van der Waals surface area contributed by atoms with Crippen LogP contribution in [0.2, 0.25) is 0 Å². The second kappa shape index (κ2) is 6.87. The molecule has 4 N–H and O–H groups in total. The van der Waals surface area contributed by atoms with Gasteiger partial charge in [0.1, 0.15) is 12.1 Å². The standard InChI is InChI=1S/C16H15FN3O5P/c17-11-6-12-14(19-16(22)15(21)18-12)13(7-11)20(9-26(23,24)25)8-10-4-2-1-3-5-10/h1-7H,8-9H2,(H,18,21)(H,19,22)(H2,23,24,25). The maximum absolute atomic E-state index is 14.0. The number of nitrogens with zero attached hydrogens (tertiary/aromatic N) is 1. The van der Waals surface area contributed by atoms with Crippen molar-refractivity contribution in [2.75, 3.05) is 11.2 Å². The van der Waals surface area contributed by atoms with Crippen molar-refractivity contribution < 1.29 is 18.7 Å². The van der Waals surface area contributed by atoms with Gasteiger partial charge in [0.05, 0.1) is 16.7 Å². The molecule has 0 radical (unpaired) electrons. The molecule has 0 atom stereocenters. The van der Waals surface area contributed by atoms with Gasteiger partial charge in [0.25, 0.3) is 0 Å². The van der Waals surface area contributed by atoms with Gasteiger partial charge in [-0.3, -0.25) is 14.2 Å². The lowest BCUT2D eigenvalue weighted by molar-refractivity contribution is 0.372. The van der Waals surface area contributed by atoms with Crippen LogP contribution in [-0.2, 0) is 11.1 Å². The fourth-order valence-corrected chi connectivity index (χ4v) is 3.36.